The van der Waals surface area contributed by atoms with Crippen molar-refractivity contribution in [3.63, 3.8) is 0 Å². The van der Waals surface area contributed by atoms with Crippen LogP contribution in [0.5, 0.6) is 11.5 Å². The molecule has 6 heteroatoms. The zero-order valence-electron chi connectivity index (χ0n) is 18.0. The molecule has 0 fully saturated rings. The molecule has 0 aliphatic carbocycles. The third-order valence-electron chi connectivity index (χ3n) is 5.10. The number of rotatable bonds is 8. The lowest BCUT2D eigenvalue weighted by Gasteiger charge is -2.22. The van der Waals surface area contributed by atoms with Crippen molar-refractivity contribution in [1.29, 1.82) is 0 Å². The van der Waals surface area contributed by atoms with Crippen LogP contribution in [0.15, 0.2) is 42.5 Å². The zero-order chi connectivity index (χ0) is 21.7. The van der Waals surface area contributed by atoms with Gasteiger partial charge in [0.05, 0.1) is 6.61 Å². The third-order valence-corrected chi connectivity index (χ3v) is 5.10. The largest absolute Gasteiger partial charge is 0.494 e. The fraction of sp³-hybridized carbons (Fsp3) is 0.417. The van der Waals surface area contributed by atoms with Crippen LogP contribution in [-0.2, 0) is 17.8 Å². The van der Waals surface area contributed by atoms with Gasteiger partial charge in [0.15, 0.2) is 0 Å². The molecule has 0 aromatic heterocycles. The van der Waals surface area contributed by atoms with E-state index < -0.39 is 6.04 Å². The number of hydrogen-bond acceptors (Lipinski definition) is 4. The second kappa shape index (κ2) is 9.65. The van der Waals surface area contributed by atoms with E-state index >= 15 is 0 Å². The summed E-state index contributed by atoms with van der Waals surface area (Å²) in [6.07, 6.45) is 0.987. The van der Waals surface area contributed by atoms with E-state index in [2.05, 4.69) is 10.6 Å². The topological polar surface area (TPSA) is 76.7 Å². The third kappa shape index (κ3) is 5.12. The highest BCUT2D eigenvalue weighted by atomic mass is 16.5. The molecule has 0 radical (unpaired) electrons. The van der Waals surface area contributed by atoms with Crippen molar-refractivity contribution in [1.82, 2.24) is 10.6 Å². The first-order valence-electron chi connectivity index (χ1n) is 10.5. The van der Waals surface area contributed by atoms with Crippen LogP contribution in [0.25, 0.3) is 0 Å². The number of carbonyl (C=O) groups is 2. The molecule has 0 spiro atoms. The number of amides is 2. The molecule has 1 unspecified atom stereocenters. The van der Waals surface area contributed by atoms with Gasteiger partial charge in [0.2, 0.25) is 5.91 Å². The first-order chi connectivity index (χ1) is 14.4. The molecule has 2 atom stereocenters. The van der Waals surface area contributed by atoms with Crippen molar-refractivity contribution in [2.24, 2.45) is 5.92 Å². The lowest BCUT2D eigenvalue weighted by atomic mass is 10.0. The zero-order valence-corrected chi connectivity index (χ0v) is 18.0. The number of hydrogen-bond donors (Lipinski definition) is 2. The Hall–Kier alpha value is -3.02. The Balaban J connectivity index is 1.70. The van der Waals surface area contributed by atoms with Crippen molar-refractivity contribution < 1.29 is 19.1 Å². The Bertz CT molecular complexity index is 896. The van der Waals surface area contributed by atoms with E-state index in [4.69, 9.17) is 9.47 Å². The normalized spacial score (nSPS) is 15.8. The van der Waals surface area contributed by atoms with Crippen LogP contribution in [0, 0.1) is 5.92 Å². The lowest BCUT2D eigenvalue weighted by Crippen LogP contribution is -2.49. The van der Waals surface area contributed by atoms with E-state index in [9.17, 15) is 9.59 Å². The number of ether oxygens (including phenoxy) is 2. The van der Waals surface area contributed by atoms with Gasteiger partial charge in [-0.05, 0) is 44.0 Å². The van der Waals surface area contributed by atoms with Gasteiger partial charge in [0, 0.05) is 29.7 Å². The van der Waals surface area contributed by atoms with Crippen LogP contribution >= 0.6 is 0 Å². The van der Waals surface area contributed by atoms with Crippen LogP contribution in [-0.4, -0.2) is 30.6 Å². The van der Waals surface area contributed by atoms with Gasteiger partial charge in [-0.15, -0.1) is 0 Å². The smallest absolute Gasteiger partial charge is 0.251 e. The van der Waals surface area contributed by atoms with Crippen molar-refractivity contribution in [3.8, 4) is 11.5 Å². The van der Waals surface area contributed by atoms with Gasteiger partial charge in [0.1, 0.15) is 23.6 Å². The summed E-state index contributed by atoms with van der Waals surface area (Å²) in [7, 11) is 0. The highest BCUT2D eigenvalue weighted by Gasteiger charge is 2.26. The summed E-state index contributed by atoms with van der Waals surface area (Å²) >= 11 is 0. The molecule has 1 heterocycles. The minimum Gasteiger partial charge on any atom is -0.494 e. The van der Waals surface area contributed by atoms with Gasteiger partial charge in [-0.1, -0.05) is 32.0 Å². The molecule has 0 saturated heterocycles. The molecule has 0 saturated carbocycles. The molecule has 3 rings (SSSR count). The van der Waals surface area contributed by atoms with E-state index in [0.717, 1.165) is 29.0 Å². The van der Waals surface area contributed by atoms with E-state index in [0.29, 0.717) is 18.7 Å². The van der Waals surface area contributed by atoms with Gasteiger partial charge in [-0.2, -0.15) is 0 Å². The van der Waals surface area contributed by atoms with E-state index in [-0.39, 0.29) is 23.8 Å². The van der Waals surface area contributed by atoms with Gasteiger partial charge >= 0.3 is 0 Å². The highest BCUT2D eigenvalue weighted by Crippen LogP contribution is 2.35. The van der Waals surface area contributed by atoms with Crippen molar-refractivity contribution >= 4 is 11.8 Å². The SMILES string of the molecule is CCOc1cc2c(cc1CNC(=O)[C@@H](NC(=O)c1ccccc1)C(C)C)OC(C)C2. The molecule has 2 aromatic carbocycles. The second-order valence-electron chi connectivity index (χ2n) is 7.91. The minimum absolute atomic E-state index is 0.0618. The Kier molecular flexibility index (Phi) is 6.98. The monoisotopic (exact) mass is 410 g/mol. The summed E-state index contributed by atoms with van der Waals surface area (Å²) in [6, 6.07) is 12.2. The van der Waals surface area contributed by atoms with E-state index in [1.807, 2.05) is 45.9 Å². The number of carbonyl (C=O) groups excluding carboxylic acids is 2. The summed E-state index contributed by atoms with van der Waals surface area (Å²) in [5.74, 6) is 1.04. The molecule has 2 N–H and O–H groups in total. The molecule has 2 amide bonds. The Morgan fingerprint density at radius 3 is 2.60 bits per heavy atom. The molecule has 2 aromatic rings. The Morgan fingerprint density at radius 2 is 1.93 bits per heavy atom. The van der Waals surface area contributed by atoms with Gasteiger partial charge in [-0.25, -0.2) is 0 Å². The number of fused-ring (bicyclic) bond motifs is 1. The van der Waals surface area contributed by atoms with Gasteiger partial charge < -0.3 is 20.1 Å². The van der Waals surface area contributed by atoms with Crippen LogP contribution < -0.4 is 20.1 Å². The van der Waals surface area contributed by atoms with E-state index in [1.54, 1.807) is 24.3 Å². The van der Waals surface area contributed by atoms with Crippen LogP contribution in [0.2, 0.25) is 0 Å². The standard InChI is InChI=1S/C24H30N2O4/c1-5-29-20-12-18-11-16(4)30-21(18)13-19(20)14-25-24(28)22(15(2)3)26-23(27)17-9-7-6-8-10-17/h6-10,12-13,15-16,22H,5,11,14H2,1-4H3,(H,25,28)(H,26,27)/t16?,22-/m0/s1. The van der Waals surface area contributed by atoms with Crippen molar-refractivity contribution in [3.05, 3.63) is 59.2 Å². The average molecular weight is 411 g/mol. The highest BCUT2D eigenvalue weighted by molar-refractivity contribution is 5.97. The molecular formula is C24H30N2O4. The van der Waals surface area contributed by atoms with Crippen LogP contribution in [0.1, 0.15) is 49.2 Å². The first-order valence-corrected chi connectivity index (χ1v) is 10.5. The Labute approximate surface area is 178 Å². The Morgan fingerprint density at radius 1 is 1.20 bits per heavy atom. The summed E-state index contributed by atoms with van der Waals surface area (Å²) in [6.45, 7) is 8.62. The van der Waals surface area contributed by atoms with Gasteiger partial charge in [0.25, 0.3) is 5.91 Å². The summed E-state index contributed by atoms with van der Waals surface area (Å²) < 4.78 is 11.6. The minimum atomic E-state index is -0.640. The first kappa shape index (κ1) is 21.7. The number of benzene rings is 2. The summed E-state index contributed by atoms with van der Waals surface area (Å²) in [5, 5.41) is 5.80. The quantitative estimate of drug-likeness (QED) is 0.699. The van der Waals surface area contributed by atoms with Crippen molar-refractivity contribution in [2.45, 2.75) is 52.8 Å². The molecule has 1 aliphatic heterocycles. The maximum atomic E-state index is 12.9. The molecule has 0 bridgehead atoms. The molecule has 160 valence electrons. The average Bonchev–Trinajstić information content (AvgIpc) is 3.09. The fourth-order valence-corrected chi connectivity index (χ4v) is 3.55. The predicted octanol–water partition coefficient (Wildman–Crippen LogP) is 3.48. The molecule has 1 aliphatic rings. The fourth-order valence-electron chi connectivity index (χ4n) is 3.55. The molecule has 6 nitrogen and oxygen atoms in total. The van der Waals surface area contributed by atoms with E-state index in [1.165, 1.54) is 0 Å². The predicted molar refractivity (Wildman–Crippen MR) is 116 cm³/mol. The van der Waals surface area contributed by atoms with Gasteiger partial charge in [-0.3, -0.25) is 9.59 Å². The number of nitrogens with one attached hydrogen (secondary N) is 2. The maximum Gasteiger partial charge on any atom is 0.251 e. The lowest BCUT2D eigenvalue weighted by molar-refractivity contribution is -0.124. The second-order valence-corrected chi connectivity index (χ2v) is 7.91. The maximum absolute atomic E-state index is 12.9. The summed E-state index contributed by atoms with van der Waals surface area (Å²) in [5.41, 5.74) is 2.51. The molecule has 30 heavy (non-hydrogen) atoms. The van der Waals surface area contributed by atoms with Crippen LogP contribution in [0.3, 0.4) is 0 Å². The summed E-state index contributed by atoms with van der Waals surface area (Å²) in [4.78, 5) is 25.4. The van der Waals surface area contributed by atoms with Crippen molar-refractivity contribution in [2.75, 3.05) is 6.61 Å². The van der Waals surface area contributed by atoms with Crippen LogP contribution in [0.4, 0.5) is 0 Å². The molecular weight excluding hydrogens is 380 g/mol.